The number of fused-ring (bicyclic) bond motifs is 1. The molecule has 0 fully saturated rings. The minimum atomic E-state index is -0.561. The molecule has 0 saturated heterocycles. The van der Waals surface area contributed by atoms with Gasteiger partial charge in [-0.2, -0.15) is 0 Å². The first-order valence-electron chi connectivity index (χ1n) is 11.4. The third kappa shape index (κ3) is 5.94. The summed E-state index contributed by atoms with van der Waals surface area (Å²) in [6, 6.07) is 13.2. The smallest absolute Gasteiger partial charge is 0.296 e. The Morgan fingerprint density at radius 3 is 2.07 bits per heavy atom. The van der Waals surface area contributed by atoms with E-state index >= 15 is 0 Å². The van der Waals surface area contributed by atoms with Gasteiger partial charge in [-0.1, -0.05) is 89.0 Å². The maximum atomic E-state index is 12.1. The number of hydrogen-bond donors (Lipinski definition) is 1. The van der Waals surface area contributed by atoms with Crippen molar-refractivity contribution in [3.05, 3.63) is 48.0 Å². The molecule has 0 bridgehead atoms. The van der Waals surface area contributed by atoms with Crippen LogP contribution >= 0.6 is 0 Å². The third-order valence-electron chi connectivity index (χ3n) is 5.68. The third-order valence-corrected chi connectivity index (χ3v) is 5.68. The minimum absolute atomic E-state index is 0.460. The summed E-state index contributed by atoms with van der Waals surface area (Å²) >= 11 is 0. The Balaban J connectivity index is 1.38. The van der Waals surface area contributed by atoms with E-state index in [1.54, 1.807) is 6.07 Å². The standard InChI is InChI=1S/C26H33NO3/c1-2-3-4-5-6-7-8-9-10-11-19-30-21-17-15-20(16-18-21)22-13-12-14-23-24(22)25(28)26(29)27-23/h12-18H,2-11,19H2,1H3,(H,27,28,29). The van der Waals surface area contributed by atoms with E-state index in [-0.39, 0.29) is 0 Å². The summed E-state index contributed by atoms with van der Waals surface area (Å²) in [5, 5.41) is 2.62. The van der Waals surface area contributed by atoms with Crippen LogP contribution in [0.4, 0.5) is 5.69 Å². The lowest BCUT2D eigenvalue weighted by Gasteiger charge is -2.09. The molecule has 160 valence electrons. The number of anilines is 1. The number of ether oxygens (including phenoxy) is 1. The van der Waals surface area contributed by atoms with Crippen LogP contribution in [0.5, 0.6) is 5.75 Å². The molecule has 2 aromatic carbocycles. The van der Waals surface area contributed by atoms with Gasteiger partial charge in [-0.05, 0) is 35.7 Å². The van der Waals surface area contributed by atoms with E-state index in [1.807, 2.05) is 36.4 Å². The molecule has 0 aromatic heterocycles. The molecule has 0 radical (unpaired) electrons. The molecular formula is C26H33NO3. The monoisotopic (exact) mass is 407 g/mol. The van der Waals surface area contributed by atoms with E-state index in [0.29, 0.717) is 11.3 Å². The summed E-state index contributed by atoms with van der Waals surface area (Å²) in [4.78, 5) is 23.8. The van der Waals surface area contributed by atoms with E-state index in [0.717, 1.165) is 29.9 Å². The molecule has 0 aliphatic carbocycles. The summed E-state index contributed by atoms with van der Waals surface area (Å²) in [6.07, 6.45) is 13.1. The van der Waals surface area contributed by atoms with Crippen molar-refractivity contribution in [2.75, 3.05) is 11.9 Å². The number of nitrogens with one attached hydrogen (secondary N) is 1. The van der Waals surface area contributed by atoms with Gasteiger partial charge in [-0.25, -0.2) is 0 Å². The van der Waals surface area contributed by atoms with E-state index < -0.39 is 11.7 Å². The van der Waals surface area contributed by atoms with Gasteiger partial charge in [-0.15, -0.1) is 0 Å². The Kier molecular flexibility index (Phi) is 8.49. The van der Waals surface area contributed by atoms with Crippen molar-refractivity contribution in [1.29, 1.82) is 0 Å². The molecule has 0 spiro atoms. The van der Waals surface area contributed by atoms with E-state index in [4.69, 9.17) is 4.74 Å². The second kappa shape index (κ2) is 11.5. The minimum Gasteiger partial charge on any atom is -0.494 e. The predicted octanol–water partition coefficient (Wildman–Crippen LogP) is 6.79. The maximum Gasteiger partial charge on any atom is 0.296 e. The zero-order valence-electron chi connectivity index (χ0n) is 18.0. The Bertz CT molecular complexity index is 842. The van der Waals surface area contributed by atoms with Crippen molar-refractivity contribution in [1.82, 2.24) is 0 Å². The number of Topliss-reactive ketones (excluding diaryl/α,β-unsaturated/α-hetero) is 1. The highest BCUT2D eigenvalue weighted by Crippen LogP contribution is 2.34. The first kappa shape index (κ1) is 22.1. The first-order chi connectivity index (χ1) is 14.7. The molecule has 1 amide bonds. The number of hydrogen-bond acceptors (Lipinski definition) is 3. The molecule has 1 N–H and O–H groups in total. The second-order valence-corrected chi connectivity index (χ2v) is 8.07. The molecule has 0 unspecified atom stereocenters. The van der Waals surface area contributed by atoms with Gasteiger partial charge in [0.2, 0.25) is 0 Å². The summed E-state index contributed by atoms with van der Waals surface area (Å²) in [5.41, 5.74) is 2.73. The van der Waals surface area contributed by atoms with Crippen molar-refractivity contribution >= 4 is 17.4 Å². The average molecular weight is 408 g/mol. The van der Waals surface area contributed by atoms with Crippen molar-refractivity contribution in [3.8, 4) is 16.9 Å². The van der Waals surface area contributed by atoms with E-state index in [1.165, 1.54) is 57.8 Å². The van der Waals surface area contributed by atoms with Gasteiger partial charge >= 0.3 is 0 Å². The number of unbranched alkanes of at least 4 members (excludes halogenated alkanes) is 9. The molecule has 1 aliphatic rings. The Labute approximate surface area is 180 Å². The Hall–Kier alpha value is -2.62. The molecule has 1 heterocycles. The molecule has 0 atom stereocenters. The highest BCUT2D eigenvalue weighted by atomic mass is 16.5. The van der Waals surface area contributed by atoms with Crippen LogP contribution < -0.4 is 10.1 Å². The quantitative estimate of drug-likeness (QED) is 0.294. The van der Waals surface area contributed by atoms with Gasteiger partial charge in [0, 0.05) is 0 Å². The average Bonchev–Trinajstić information content (AvgIpc) is 3.06. The van der Waals surface area contributed by atoms with Crippen molar-refractivity contribution in [2.45, 2.75) is 71.1 Å². The van der Waals surface area contributed by atoms with Gasteiger partial charge in [-0.3, -0.25) is 9.59 Å². The molecular weight excluding hydrogens is 374 g/mol. The van der Waals surface area contributed by atoms with Gasteiger partial charge in [0.15, 0.2) is 0 Å². The van der Waals surface area contributed by atoms with E-state index in [9.17, 15) is 9.59 Å². The molecule has 4 heteroatoms. The van der Waals surface area contributed by atoms with Crippen LogP contribution in [0.3, 0.4) is 0 Å². The largest absolute Gasteiger partial charge is 0.494 e. The fourth-order valence-electron chi connectivity index (χ4n) is 3.94. The molecule has 1 aliphatic heterocycles. The lowest BCUT2D eigenvalue weighted by molar-refractivity contribution is -0.112. The number of amides is 1. The van der Waals surface area contributed by atoms with Gasteiger partial charge in [0.05, 0.1) is 17.9 Å². The van der Waals surface area contributed by atoms with E-state index in [2.05, 4.69) is 12.2 Å². The number of ketones is 1. The van der Waals surface area contributed by atoms with Gasteiger partial charge in [0.25, 0.3) is 11.7 Å². The fraction of sp³-hybridized carbons (Fsp3) is 0.462. The molecule has 30 heavy (non-hydrogen) atoms. The Morgan fingerprint density at radius 1 is 0.767 bits per heavy atom. The summed E-state index contributed by atoms with van der Waals surface area (Å²) < 4.78 is 5.87. The van der Waals surface area contributed by atoms with Gasteiger partial charge < -0.3 is 10.1 Å². The number of carbonyl (C=O) groups excluding carboxylic acids is 2. The number of benzene rings is 2. The predicted molar refractivity (Wildman–Crippen MR) is 122 cm³/mol. The highest BCUT2D eigenvalue weighted by molar-refractivity contribution is 6.52. The topological polar surface area (TPSA) is 55.4 Å². The highest BCUT2D eigenvalue weighted by Gasteiger charge is 2.30. The lowest BCUT2D eigenvalue weighted by Crippen LogP contribution is -2.12. The lowest BCUT2D eigenvalue weighted by atomic mass is 9.97. The number of carbonyl (C=O) groups is 2. The van der Waals surface area contributed by atoms with Crippen LogP contribution in [0.25, 0.3) is 11.1 Å². The molecule has 3 rings (SSSR count). The van der Waals surface area contributed by atoms with Crippen molar-refractivity contribution in [3.63, 3.8) is 0 Å². The van der Waals surface area contributed by atoms with Crippen molar-refractivity contribution < 1.29 is 14.3 Å². The van der Waals surface area contributed by atoms with Crippen molar-refractivity contribution in [2.24, 2.45) is 0 Å². The van der Waals surface area contributed by atoms with Crippen LogP contribution in [0.15, 0.2) is 42.5 Å². The first-order valence-corrected chi connectivity index (χ1v) is 11.4. The SMILES string of the molecule is CCCCCCCCCCCCOc1ccc(-c2cccc3c2C(=O)C(=O)N3)cc1. The van der Waals surface area contributed by atoms with Crippen LogP contribution in [-0.2, 0) is 4.79 Å². The van der Waals surface area contributed by atoms with Crippen LogP contribution in [0, 0.1) is 0 Å². The molecule has 2 aromatic rings. The second-order valence-electron chi connectivity index (χ2n) is 8.07. The normalized spacial score (nSPS) is 12.7. The molecule has 4 nitrogen and oxygen atoms in total. The summed E-state index contributed by atoms with van der Waals surface area (Å²) in [7, 11) is 0. The molecule has 0 saturated carbocycles. The zero-order valence-corrected chi connectivity index (χ0v) is 18.0. The maximum absolute atomic E-state index is 12.1. The number of rotatable bonds is 13. The summed E-state index contributed by atoms with van der Waals surface area (Å²) in [5.74, 6) is -0.196. The zero-order chi connectivity index (χ0) is 21.2. The Morgan fingerprint density at radius 2 is 1.40 bits per heavy atom. The van der Waals surface area contributed by atoms with Crippen LogP contribution in [-0.4, -0.2) is 18.3 Å². The fourth-order valence-corrected chi connectivity index (χ4v) is 3.94. The van der Waals surface area contributed by atoms with Gasteiger partial charge in [0.1, 0.15) is 5.75 Å². The van der Waals surface area contributed by atoms with Crippen LogP contribution in [0.2, 0.25) is 0 Å². The summed E-state index contributed by atoms with van der Waals surface area (Å²) in [6.45, 7) is 2.99. The van der Waals surface area contributed by atoms with Crippen LogP contribution in [0.1, 0.15) is 81.5 Å².